The molecular weight excluding hydrogens is 294 g/mol. The van der Waals surface area contributed by atoms with Crippen molar-refractivity contribution in [2.75, 3.05) is 18.8 Å². The molecule has 0 radical (unpaired) electrons. The molecule has 1 aromatic rings. The third kappa shape index (κ3) is 5.28. The predicted molar refractivity (Wildman–Crippen MR) is 76.2 cm³/mol. The first kappa shape index (κ1) is 16.7. The van der Waals surface area contributed by atoms with E-state index in [1.54, 1.807) is 18.2 Å². The van der Waals surface area contributed by atoms with Crippen LogP contribution < -0.4 is 0 Å². The third-order valence-electron chi connectivity index (χ3n) is 2.65. The fourth-order valence-electron chi connectivity index (χ4n) is 1.63. The second-order valence-electron chi connectivity index (χ2n) is 4.23. The molecule has 0 saturated heterocycles. The maximum absolute atomic E-state index is 12.0. The smallest absolute Gasteiger partial charge is 0.323 e. The van der Waals surface area contributed by atoms with Crippen molar-refractivity contribution in [3.8, 4) is 12.3 Å². The lowest BCUT2D eigenvalue weighted by Crippen LogP contribution is -2.36. The molecule has 0 saturated carbocycles. The highest BCUT2D eigenvalue weighted by Gasteiger charge is 2.20. The van der Waals surface area contributed by atoms with E-state index in [0.717, 1.165) is 4.90 Å². The Morgan fingerprint density at radius 2 is 1.86 bits per heavy atom. The van der Waals surface area contributed by atoms with E-state index >= 15 is 0 Å². The van der Waals surface area contributed by atoms with Crippen LogP contribution in [0.4, 0.5) is 0 Å². The summed E-state index contributed by atoms with van der Waals surface area (Å²) in [5, 5.41) is 8.68. The van der Waals surface area contributed by atoms with Gasteiger partial charge in [-0.3, -0.25) is 9.59 Å². The minimum Gasteiger partial charge on any atom is -0.480 e. The van der Waals surface area contributed by atoms with Gasteiger partial charge in [0.15, 0.2) is 9.84 Å². The second kappa shape index (κ2) is 7.45. The average Bonchev–Trinajstić information content (AvgIpc) is 2.45. The summed E-state index contributed by atoms with van der Waals surface area (Å²) in [4.78, 5) is 23.5. The summed E-state index contributed by atoms with van der Waals surface area (Å²) >= 11 is 0. The Morgan fingerprint density at radius 1 is 1.24 bits per heavy atom. The van der Waals surface area contributed by atoms with Crippen molar-refractivity contribution in [3.63, 3.8) is 0 Å². The number of nitrogens with zero attached hydrogens (tertiary/aromatic N) is 1. The summed E-state index contributed by atoms with van der Waals surface area (Å²) in [6.45, 7) is -0.717. The summed E-state index contributed by atoms with van der Waals surface area (Å²) in [7, 11) is -3.58. The van der Waals surface area contributed by atoms with Crippen LogP contribution in [0, 0.1) is 12.3 Å². The highest BCUT2D eigenvalue weighted by Crippen LogP contribution is 2.11. The summed E-state index contributed by atoms with van der Waals surface area (Å²) in [6, 6.07) is 7.74. The molecule has 1 rings (SSSR count). The molecule has 0 aliphatic carbocycles. The lowest BCUT2D eigenvalue weighted by atomic mass is 10.3. The number of terminal acetylenes is 1. The van der Waals surface area contributed by atoms with E-state index < -0.39 is 34.0 Å². The Hall–Kier alpha value is -2.33. The van der Waals surface area contributed by atoms with Crippen LogP contribution in [0.2, 0.25) is 0 Å². The van der Waals surface area contributed by atoms with Crippen LogP contribution in [0.25, 0.3) is 0 Å². The summed E-state index contributed by atoms with van der Waals surface area (Å²) < 4.78 is 24.0. The Labute approximate surface area is 123 Å². The first-order chi connectivity index (χ1) is 9.86. The average molecular weight is 309 g/mol. The molecule has 0 aliphatic heterocycles. The zero-order valence-corrected chi connectivity index (χ0v) is 12.0. The third-order valence-corrected chi connectivity index (χ3v) is 4.38. The molecule has 0 bridgehead atoms. The molecule has 1 N–H and O–H groups in total. The highest BCUT2D eigenvalue weighted by molar-refractivity contribution is 7.91. The number of carboxylic acids is 1. The van der Waals surface area contributed by atoms with E-state index in [9.17, 15) is 18.0 Å². The number of carbonyl (C=O) groups is 2. The van der Waals surface area contributed by atoms with Gasteiger partial charge in [0.25, 0.3) is 0 Å². The lowest BCUT2D eigenvalue weighted by molar-refractivity contribution is -0.143. The van der Waals surface area contributed by atoms with Gasteiger partial charge in [0.2, 0.25) is 5.91 Å². The normalized spacial score (nSPS) is 10.6. The van der Waals surface area contributed by atoms with Crippen molar-refractivity contribution < 1.29 is 23.1 Å². The van der Waals surface area contributed by atoms with E-state index in [1.165, 1.54) is 12.1 Å². The standard InChI is InChI=1S/C14H15NO5S/c1-2-9-15(11-14(17)18)13(16)8-10-21(19,20)12-6-4-3-5-7-12/h1,3-7H,8-11H2,(H,17,18). The van der Waals surface area contributed by atoms with E-state index in [4.69, 9.17) is 11.5 Å². The number of hydrogen-bond donors (Lipinski definition) is 1. The first-order valence-corrected chi connectivity index (χ1v) is 7.73. The Balaban J connectivity index is 2.71. The fraction of sp³-hybridized carbons (Fsp3) is 0.286. The maximum Gasteiger partial charge on any atom is 0.323 e. The van der Waals surface area contributed by atoms with Gasteiger partial charge in [-0.15, -0.1) is 6.42 Å². The minimum atomic E-state index is -3.58. The molecule has 0 heterocycles. The van der Waals surface area contributed by atoms with Gasteiger partial charge < -0.3 is 10.0 Å². The predicted octanol–water partition coefficient (Wildman–Crippen LogP) is 0.397. The van der Waals surface area contributed by atoms with E-state index in [2.05, 4.69) is 5.92 Å². The van der Waals surface area contributed by atoms with Gasteiger partial charge in [0.05, 0.1) is 17.2 Å². The Bertz CT molecular complexity index is 646. The molecule has 0 unspecified atom stereocenters. The van der Waals surface area contributed by atoms with Crippen molar-refractivity contribution in [1.82, 2.24) is 4.90 Å². The molecule has 0 aliphatic rings. The van der Waals surface area contributed by atoms with Gasteiger partial charge in [-0.25, -0.2) is 8.42 Å². The fourth-order valence-corrected chi connectivity index (χ4v) is 2.88. The van der Waals surface area contributed by atoms with Crippen molar-refractivity contribution in [3.05, 3.63) is 30.3 Å². The number of carboxylic acid groups (broad SMARTS) is 1. The monoisotopic (exact) mass is 309 g/mol. The van der Waals surface area contributed by atoms with Gasteiger partial charge in [-0.1, -0.05) is 24.1 Å². The number of sulfone groups is 1. The maximum atomic E-state index is 12.0. The number of rotatable bonds is 7. The van der Waals surface area contributed by atoms with Crippen LogP contribution in [0.1, 0.15) is 6.42 Å². The number of carbonyl (C=O) groups excluding carboxylic acids is 1. The summed E-state index contributed by atoms with van der Waals surface area (Å²) in [6.07, 6.45) is 4.75. The van der Waals surface area contributed by atoms with Gasteiger partial charge in [-0.05, 0) is 12.1 Å². The highest BCUT2D eigenvalue weighted by atomic mass is 32.2. The molecule has 1 aromatic carbocycles. The Kier molecular flexibility index (Phi) is 5.93. The van der Waals surface area contributed by atoms with Crippen molar-refractivity contribution >= 4 is 21.7 Å². The molecule has 6 nitrogen and oxygen atoms in total. The molecule has 7 heteroatoms. The molecular formula is C14H15NO5S. The van der Waals surface area contributed by atoms with Crippen LogP contribution in [0.5, 0.6) is 0 Å². The van der Waals surface area contributed by atoms with Crippen LogP contribution in [0.15, 0.2) is 35.2 Å². The summed E-state index contributed by atoms with van der Waals surface area (Å²) in [5.74, 6) is -0.0232. The van der Waals surface area contributed by atoms with Crippen LogP contribution in [0.3, 0.4) is 0 Å². The van der Waals surface area contributed by atoms with Gasteiger partial charge in [0.1, 0.15) is 6.54 Å². The number of hydrogen-bond acceptors (Lipinski definition) is 4. The molecule has 112 valence electrons. The largest absolute Gasteiger partial charge is 0.480 e. The topological polar surface area (TPSA) is 91.8 Å². The zero-order valence-electron chi connectivity index (χ0n) is 11.2. The number of aliphatic carboxylic acids is 1. The van der Waals surface area contributed by atoms with Crippen molar-refractivity contribution in [2.24, 2.45) is 0 Å². The van der Waals surface area contributed by atoms with Gasteiger partial charge in [-0.2, -0.15) is 0 Å². The molecule has 1 amide bonds. The van der Waals surface area contributed by atoms with E-state index in [1.807, 2.05) is 0 Å². The second-order valence-corrected chi connectivity index (χ2v) is 6.34. The molecule has 0 aromatic heterocycles. The van der Waals surface area contributed by atoms with Crippen molar-refractivity contribution in [2.45, 2.75) is 11.3 Å². The van der Waals surface area contributed by atoms with Crippen LogP contribution in [-0.4, -0.2) is 49.1 Å². The summed E-state index contributed by atoms with van der Waals surface area (Å²) in [5.41, 5.74) is 0. The van der Waals surface area contributed by atoms with Gasteiger partial charge in [0, 0.05) is 6.42 Å². The van der Waals surface area contributed by atoms with Crippen LogP contribution >= 0.6 is 0 Å². The first-order valence-electron chi connectivity index (χ1n) is 6.07. The van der Waals surface area contributed by atoms with Crippen molar-refractivity contribution in [1.29, 1.82) is 0 Å². The Morgan fingerprint density at radius 3 is 2.38 bits per heavy atom. The molecule has 0 spiro atoms. The zero-order chi connectivity index (χ0) is 15.9. The number of benzene rings is 1. The van der Waals surface area contributed by atoms with Crippen LogP contribution in [-0.2, 0) is 19.4 Å². The number of amides is 1. The van der Waals surface area contributed by atoms with E-state index in [0.29, 0.717) is 0 Å². The van der Waals surface area contributed by atoms with E-state index in [-0.39, 0.29) is 17.9 Å². The SMILES string of the molecule is C#CCN(CC(=O)O)C(=O)CCS(=O)(=O)c1ccccc1. The molecule has 21 heavy (non-hydrogen) atoms. The quantitative estimate of drug-likeness (QED) is 0.736. The molecule has 0 fully saturated rings. The molecule has 0 atom stereocenters. The van der Waals surface area contributed by atoms with Gasteiger partial charge >= 0.3 is 5.97 Å². The lowest BCUT2D eigenvalue weighted by Gasteiger charge is -2.17. The minimum absolute atomic E-state index is 0.125.